The molecule has 1 amide bonds. The van der Waals surface area contributed by atoms with E-state index in [9.17, 15) is 19.3 Å². The number of non-ortho nitro benzene ring substituents is 1. The highest BCUT2D eigenvalue weighted by molar-refractivity contribution is 7.22. The molecule has 7 nitrogen and oxygen atoms in total. The number of thiazole rings is 1. The number of carbonyl (C=O) groups is 1. The third-order valence-electron chi connectivity index (χ3n) is 4.01. The fourth-order valence-electron chi connectivity index (χ4n) is 2.69. The number of fused-ring (bicyclic) bond motifs is 1. The van der Waals surface area contributed by atoms with E-state index in [1.807, 2.05) is 0 Å². The molecule has 4 aromatic rings. The van der Waals surface area contributed by atoms with Crippen LogP contribution in [0.15, 0.2) is 65.3 Å². The molecule has 2 aromatic heterocycles. The summed E-state index contributed by atoms with van der Waals surface area (Å²) in [5, 5.41) is 11.4. The minimum atomic E-state index is -0.561. The highest BCUT2D eigenvalue weighted by atomic mass is 32.1. The molecular formula is C19H12FN3O4S. The van der Waals surface area contributed by atoms with Crippen LogP contribution in [0, 0.1) is 15.9 Å². The minimum Gasteiger partial charge on any atom is -0.467 e. The van der Waals surface area contributed by atoms with Gasteiger partial charge in [0.05, 0.1) is 27.9 Å². The summed E-state index contributed by atoms with van der Waals surface area (Å²) in [6.45, 7) is 0.0802. The zero-order chi connectivity index (χ0) is 19.7. The highest BCUT2D eigenvalue weighted by Crippen LogP contribution is 2.31. The molecule has 0 N–H and O–H groups in total. The van der Waals surface area contributed by atoms with Gasteiger partial charge in [-0.1, -0.05) is 17.4 Å². The highest BCUT2D eigenvalue weighted by Gasteiger charge is 2.24. The molecule has 0 radical (unpaired) electrons. The smallest absolute Gasteiger partial charge is 0.270 e. The number of nitrogens with zero attached hydrogens (tertiary/aromatic N) is 3. The number of hydrogen-bond acceptors (Lipinski definition) is 6. The molecule has 140 valence electrons. The van der Waals surface area contributed by atoms with E-state index in [1.165, 1.54) is 53.6 Å². The van der Waals surface area contributed by atoms with Crippen molar-refractivity contribution in [2.24, 2.45) is 0 Å². The Morgan fingerprint density at radius 2 is 2.07 bits per heavy atom. The van der Waals surface area contributed by atoms with Gasteiger partial charge in [0, 0.05) is 17.7 Å². The minimum absolute atomic E-state index is 0.0802. The number of carbonyl (C=O) groups excluding carboxylic acids is 1. The van der Waals surface area contributed by atoms with Crippen molar-refractivity contribution in [1.82, 2.24) is 4.98 Å². The normalized spacial score (nSPS) is 10.9. The Morgan fingerprint density at radius 3 is 2.82 bits per heavy atom. The largest absolute Gasteiger partial charge is 0.467 e. The molecule has 2 heterocycles. The van der Waals surface area contributed by atoms with Crippen molar-refractivity contribution in [3.05, 3.63) is 88.1 Å². The van der Waals surface area contributed by atoms with Gasteiger partial charge in [-0.3, -0.25) is 19.8 Å². The lowest BCUT2D eigenvalue weighted by molar-refractivity contribution is -0.384. The Labute approximate surface area is 161 Å². The summed E-state index contributed by atoms with van der Waals surface area (Å²) in [7, 11) is 0. The summed E-state index contributed by atoms with van der Waals surface area (Å²) < 4.78 is 19.4. The van der Waals surface area contributed by atoms with Crippen molar-refractivity contribution in [3.63, 3.8) is 0 Å². The van der Waals surface area contributed by atoms with E-state index in [0.717, 1.165) is 11.3 Å². The van der Waals surface area contributed by atoms with E-state index >= 15 is 0 Å². The van der Waals surface area contributed by atoms with Crippen LogP contribution in [0.25, 0.3) is 10.2 Å². The Morgan fingerprint density at radius 1 is 1.21 bits per heavy atom. The SMILES string of the molecule is O=C(c1cccc([N+](=O)[O-])c1)N(Cc1ccco1)c1nc2ccc(F)cc2s1. The molecule has 0 saturated heterocycles. The number of hydrogen-bond donors (Lipinski definition) is 0. The first-order chi connectivity index (χ1) is 13.5. The molecule has 9 heteroatoms. The monoisotopic (exact) mass is 397 g/mol. The molecule has 0 spiro atoms. The fraction of sp³-hybridized carbons (Fsp3) is 0.0526. The first-order valence-corrected chi connectivity index (χ1v) is 8.98. The lowest BCUT2D eigenvalue weighted by Gasteiger charge is -2.18. The lowest BCUT2D eigenvalue weighted by Crippen LogP contribution is -2.30. The van der Waals surface area contributed by atoms with Gasteiger partial charge in [0.1, 0.15) is 11.6 Å². The molecule has 28 heavy (non-hydrogen) atoms. The van der Waals surface area contributed by atoms with Crippen molar-refractivity contribution in [2.75, 3.05) is 4.90 Å². The molecular weight excluding hydrogens is 385 g/mol. The summed E-state index contributed by atoms with van der Waals surface area (Å²) in [6.07, 6.45) is 1.49. The van der Waals surface area contributed by atoms with Gasteiger partial charge >= 0.3 is 0 Å². The van der Waals surface area contributed by atoms with E-state index in [4.69, 9.17) is 4.42 Å². The molecule has 0 bridgehead atoms. The van der Waals surface area contributed by atoms with Crippen LogP contribution < -0.4 is 4.90 Å². The molecule has 0 unspecified atom stereocenters. The average molecular weight is 397 g/mol. The van der Waals surface area contributed by atoms with Crippen LogP contribution in [0.4, 0.5) is 15.2 Å². The quantitative estimate of drug-likeness (QED) is 0.357. The maximum absolute atomic E-state index is 13.5. The third-order valence-corrected chi connectivity index (χ3v) is 5.05. The van der Waals surface area contributed by atoms with Crippen molar-refractivity contribution >= 4 is 38.3 Å². The molecule has 0 atom stereocenters. The summed E-state index contributed by atoms with van der Waals surface area (Å²) in [6, 6.07) is 13.1. The number of furan rings is 1. The van der Waals surface area contributed by atoms with Crippen molar-refractivity contribution in [1.29, 1.82) is 0 Å². The zero-order valence-corrected chi connectivity index (χ0v) is 15.1. The maximum atomic E-state index is 13.5. The molecule has 0 aliphatic rings. The zero-order valence-electron chi connectivity index (χ0n) is 14.2. The van der Waals surface area contributed by atoms with Crippen LogP contribution in [-0.4, -0.2) is 15.8 Å². The van der Waals surface area contributed by atoms with Gasteiger partial charge in [0.25, 0.3) is 11.6 Å². The van der Waals surface area contributed by atoms with Gasteiger partial charge in [-0.2, -0.15) is 0 Å². The molecule has 0 aliphatic carbocycles. The molecule has 0 fully saturated rings. The summed E-state index contributed by atoms with van der Waals surface area (Å²) >= 11 is 1.15. The van der Waals surface area contributed by atoms with E-state index in [-0.39, 0.29) is 17.8 Å². The average Bonchev–Trinajstić information content (AvgIpc) is 3.34. The number of nitro groups is 1. The first kappa shape index (κ1) is 17.8. The van der Waals surface area contributed by atoms with Crippen molar-refractivity contribution in [2.45, 2.75) is 6.54 Å². The second-order valence-electron chi connectivity index (χ2n) is 5.89. The number of benzene rings is 2. The van der Waals surface area contributed by atoms with Crippen LogP contribution in [0.1, 0.15) is 16.1 Å². The van der Waals surface area contributed by atoms with Gasteiger partial charge in [-0.25, -0.2) is 9.37 Å². The fourth-order valence-corrected chi connectivity index (χ4v) is 3.68. The van der Waals surface area contributed by atoms with E-state index in [2.05, 4.69) is 4.98 Å². The number of rotatable bonds is 5. The summed E-state index contributed by atoms with van der Waals surface area (Å²) in [5.74, 6) is -0.353. The first-order valence-electron chi connectivity index (χ1n) is 8.16. The van der Waals surface area contributed by atoms with Crippen LogP contribution in [0.3, 0.4) is 0 Å². The van der Waals surface area contributed by atoms with Crippen LogP contribution >= 0.6 is 11.3 Å². The Kier molecular flexibility index (Phi) is 4.58. The second-order valence-corrected chi connectivity index (χ2v) is 6.90. The summed E-state index contributed by atoms with van der Waals surface area (Å²) in [4.78, 5) is 29.4. The third kappa shape index (κ3) is 3.47. The summed E-state index contributed by atoms with van der Waals surface area (Å²) in [5.41, 5.74) is 0.513. The number of nitro benzene ring substituents is 1. The Bertz CT molecular complexity index is 1170. The van der Waals surface area contributed by atoms with Crippen LogP contribution in [-0.2, 0) is 6.54 Å². The van der Waals surface area contributed by atoms with Crippen molar-refractivity contribution < 1.29 is 18.5 Å². The van der Waals surface area contributed by atoms with Gasteiger partial charge in [0.15, 0.2) is 5.13 Å². The molecule has 0 aliphatic heterocycles. The predicted octanol–water partition coefficient (Wildman–Crippen LogP) is 4.78. The Balaban J connectivity index is 1.77. The standard InChI is InChI=1S/C19H12FN3O4S/c20-13-6-7-16-17(10-13)28-19(21-16)22(11-15-5-2-8-27-15)18(24)12-3-1-4-14(9-12)23(25)26/h1-10H,11H2. The second kappa shape index (κ2) is 7.20. The van der Waals surface area contributed by atoms with E-state index in [1.54, 1.807) is 12.1 Å². The maximum Gasteiger partial charge on any atom is 0.270 e. The predicted molar refractivity (Wildman–Crippen MR) is 102 cm³/mol. The topological polar surface area (TPSA) is 89.5 Å². The molecule has 2 aromatic carbocycles. The number of amides is 1. The number of anilines is 1. The lowest BCUT2D eigenvalue weighted by atomic mass is 10.2. The number of halogens is 1. The van der Waals surface area contributed by atoms with Gasteiger partial charge in [0.2, 0.25) is 0 Å². The van der Waals surface area contributed by atoms with E-state index in [0.29, 0.717) is 21.1 Å². The number of aromatic nitrogens is 1. The van der Waals surface area contributed by atoms with Gasteiger partial charge in [-0.05, 0) is 36.4 Å². The van der Waals surface area contributed by atoms with Crippen LogP contribution in [0.2, 0.25) is 0 Å². The van der Waals surface area contributed by atoms with E-state index < -0.39 is 16.6 Å². The molecule has 4 rings (SSSR count). The van der Waals surface area contributed by atoms with Crippen LogP contribution in [0.5, 0.6) is 0 Å². The van der Waals surface area contributed by atoms with Gasteiger partial charge in [-0.15, -0.1) is 0 Å². The Hall–Kier alpha value is -3.59. The van der Waals surface area contributed by atoms with Crippen molar-refractivity contribution in [3.8, 4) is 0 Å². The molecule has 0 saturated carbocycles. The van der Waals surface area contributed by atoms with Gasteiger partial charge < -0.3 is 4.42 Å².